The van der Waals surface area contributed by atoms with Gasteiger partial charge >= 0.3 is 5.97 Å². The minimum absolute atomic E-state index is 0.271. The van der Waals surface area contributed by atoms with Crippen molar-refractivity contribution in [3.8, 4) is 11.3 Å². The summed E-state index contributed by atoms with van der Waals surface area (Å²) in [7, 11) is 0. The second-order valence-electron chi connectivity index (χ2n) is 4.28. The first-order valence-corrected chi connectivity index (χ1v) is 5.93. The van der Waals surface area contributed by atoms with Gasteiger partial charge in [0.2, 0.25) is 0 Å². The zero-order valence-electron chi connectivity index (χ0n) is 10.1. The van der Waals surface area contributed by atoms with Gasteiger partial charge < -0.3 is 5.11 Å². The third-order valence-corrected chi connectivity index (χ3v) is 3.00. The third-order valence-electron chi connectivity index (χ3n) is 3.00. The highest BCUT2D eigenvalue weighted by molar-refractivity contribution is 5.89. The highest BCUT2D eigenvalue weighted by atomic mass is 16.4. The zero-order chi connectivity index (χ0) is 13.2. The predicted octanol–water partition coefficient (Wildman–Crippen LogP) is 3.60. The molecule has 3 rings (SSSR count). The Morgan fingerprint density at radius 3 is 2.63 bits per heavy atom. The minimum Gasteiger partial charge on any atom is -0.478 e. The maximum Gasteiger partial charge on any atom is 0.335 e. The van der Waals surface area contributed by atoms with Crippen LogP contribution < -0.4 is 0 Å². The Hall–Kier alpha value is -2.68. The summed E-state index contributed by atoms with van der Waals surface area (Å²) in [6, 6.07) is 18.6. The first-order valence-electron chi connectivity index (χ1n) is 5.93. The van der Waals surface area contributed by atoms with Crippen LogP contribution in [0.2, 0.25) is 0 Å². The number of nitrogens with zero attached hydrogens (tertiary/aromatic N) is 1. The summed E-state index contributed by atoms with van der Waals surface area (Å²) in [5.74, 6) is -0.928. The van der Waals surface area contributed by atoms with Gasteiger partial charge in [-0.25, -0.2) is 9.78 Å². The first-order chi connectivity index (χ1) is 9.24. The van der Waals surface area contributed by atoms with E-state index < -0.39 is 5.97 Å². The smallest absolute Gasteiger partial charge is 0.335 e. The molecule has 0 unspecified atom stereocenters. The Morgan fingerprint density at radius 1 is 0.947 bits per heavy atom. The van der Waals surface area contributed by atoms with Crippen molar-refractivity contribution in [2.45, 2.75) is 0 Å². The van der Waals surface area contributed by atoms with E-state index in [1.54, 1.807) is 18.2 Å². The van der Waals surface area contributed by atoms with Crippen molar-refractivity contribution >= 4 is 16.9 Å². The lowest BCUT2D eigenvalue weighted by atomic mass is 10.1. The van der Waals surface area contributed by atoms with E-state index in [2.05, 4.69) is 4.98 Å². The largest absolute Gasteiger partial charge is 0.478 e. The SMILES string of the molecule is O=C(O)c1cccc(-c2ccc3ccccc3n2)c1. The van der Waals surface area contributed by atoms with E-state index in [0.29, 0.717) is 0 Å². The Kier molecular flexibility index (Phi) is 2.72. The van der Waals surface area contributed by atoms with E-state index >= 15 is 0 Å². The van der Waals surface area contributed by atoms with E-state index in [-0.39, 0.29) is 5.56 Å². The van der Waals surface area contributed by atoms with E-state index in [0.717, 1.165) is 22.2 Å². The van der Waals surface area contributed by atoms with Crippen molar-refractivity contribution in [3.05, 3.63) is 66.2 Å². The van der Waals surface area contributed by atoms with Crippen LogP contribution in [0.5, 0.6) is 0 Å². The van der Waals surface area contributed by atoms with E-state index in [1.165, 1.54) is 0 Å². The van der Waals surface area contributed by atoms with E-state index in [1.807, 2.05) is 42.5 Å². The number of pyridine rings is 1. The van der Waals surface area contributed by atoms with Crippen LogP contribution in [0.3, 0.4) is 0 Å². The standard InChI is InChI=1S/C16H11NO2/c18-16(19)13-6-3-5-12(10-13)15-9-8-11-4-1-2-7-14(11)17-15/h1-10H,(H,18,19). The fourth-order valence-corrected chi connectivity index (χ4v) is 2.04. The van der Waals surface area contributed by atoms with Gasteiger partial charge in [0.05, 0.1) is 16.8 Å². The molecule has 3 aromatic rings. The number of benzene rings is 2. The summed E-state index contributed by atoms with van der Waals surface area (Å²) in [4.78, 5) is 15.5. The van der Waals surface area contributed by atoms with Crippen molar-refractivity contribution in [2.75, 3.05) is 0 Å². The monoisotopic (exact) mass is 249 g/mol. The van der Waals surface area contributed by atoms with Crippen LogP contribution in [0.25, 0.3) is 22.2 Å². The Bertz CT molecular complexity index is 765. The molecule has 19 heavy (non-hydrogen) atoms. The average Bonchev–Trinajstić information content (AvgIpc) is 2.47. The fourth-order valence-electron chi connectivity index (χ4n) is 2.04. The molecule has 0 atom stereocenters. The maximum atomic E-state index is 11.0. The molecule has 92 valence electrons. The number of rotatable bonds is 2. The lowest BCUT2D eigenvalue weighted by molar-refractivity contribution is 0.0697. The van der Waals surface area contributed by atoms with Gasteiger partial charge in [0.15, 0.2) is 0 Å². The molecular formula is C16H11NO2. The van der Waals surface area contributed by atoms with Gasteiger partial charge in [-0.2, -0.15) is 0 Å². The third kappa shape index (κ3) is 2.18. The van der Waals surface area contributed by atoms with Crippen molar-refractivity contribution in [1.82, 2.24) is 4.98 Å². The Balaban J connectivity index is 2.13. The molecule has 0 radical (unpaired) electrons. The molecule has 3 heteroatoms. The Morgan fingerprint density at radius 2 is 1.79 bits per heavy atom. The van der Waals surface area contributed by atoms with Crippen molar-refractivity contribution in [3.63, 3.8) is 0 Å². The molecule has 2 aromatic carbocycles. The average molecular weight is 249 g/mol. The summed E-state index contributed by atoms with van der Waals surface area (Å²) in [5.41, 5.74) is 2.76. The quantitative estimate of drug-likeness (QED) is 0.754. The fraction of sp³-hybridized carbons (Fsp3) is 0. The number of carbonyl (C=O) groups is 1. The lowest BCUT2D eigenvalue weighted by Crippen LogP contribution is -1.96. The highest BCUT2D eigenvalue weighted by Gasteiger charge is 2.06. The number of hydrogen-bond donors (Lipinski definition) is 1. The molecule has 0 amide bonds. The summed E-state index contributed by atoms with van der Waals surface area (Å²) in [6.45, 7) is 0. The maximum absolute atomic E-state index is 11.0. The lowest BCUT2D eigenvalue weighted by Gasteiger charge is -2.04. The van der Waals surface area contributed by atoms with Crippen LogP contribution in [0.4, 0.5) is 0 Å². The van der Waals surface area contributed by atoms with Crippen LogP contribution in [0.1, 0.15) is 10.4 Å². The molecule has 0 aliphatic carbocycles. The van der Waals surface area contributed by atoms with E-state index in [4.69, 9.17) is 5.11 Å². The molecule has 0 spiro atoms. The number of fused-ring (bicyclic) bond motifs is 1. The predicted molar refractivity (Wildman–Crippen MR) is 74.1 cm³/mol. The van der Waals surface area contributed by atoms with Gasteiger partial charge in [-0.1, -0.05) is 36.4 Å². The second kappa shape index (κ2) is 4.53. The molecule has 0 saturated carbocycles. The minimum atomic E-state index is -0.928. The number of hydrogen-bond acceptors (Lipinski definition) is 2. The molecule has 3 nitrogen and oxygen atoms in total. The summed E-state index contributed by atoms with van der Waals surface area (Å²) < 4.78 is 0. The number of carboxylic acid groups (broad SMARTS) is 1. The number of carboxylic acids is 1. The Labute approximate surface area is 110 Å². The molecule has 0 fully saturated rings. The van der Waals surface area contributed by atoms with Gasteiger partial charge in [-0.3, -0.25) is 0 Å². The first kappa shape index (κ1) is 11.4. The molecule has 1 aromatic heterocycles. The molecule has 0 bridgehead atoms. The normalized spacial score (nSPS) is 10.5. The van der Waals surface area contributed by atoms with Crippen LogP contribution in [0, 0.1) is 0 Å². The molecule has 0 aliphatic heterocycles. The number of para-hydroxylation sites is 1. The van der Waals surface area contributed by atoms with Gasteiger partial charge in [0.1, 0.15) is 0 Å². The van der Waals surface area contributed by atoms with Crippen molar-refractivity contribution in [2.24, 2.45) is 0 Å². The van der Waals surface area contributed by atoms with Crippen LogP contribution >= 0.6 is 0 Å². The summed E-state index contributed by atoms with van der Waals surface area (Å²) in [5, 5.41) is 10.1. The van der Waals surface area contributed by atoms with Gasteiger partial charge in [0, 0.05) is 10.9 Å². The highest BCUT2D eigenvalue weighted by Crippen LogP contribution is 2.21. The van der Waals surface area contributed by atoms with Gasteiger partial charge in [-0.15, -0.1) is 0 Å². The van der Waals surface area contributed by atoms with Crippen molar-refractivity contribution < 1.29 is 9.90 Å². The molecule has 1 N–H and O–H groups in total. The van der Waals surface area contributed by atoms with Crippen molar-refractivity contribution in [1.29, 1.82) is 0 Å². The summed E-state index contributed by atoms with van der Waals surface area (Å²) >= 11 is 0. The van der Waals surface area contributed by atoms with Crippen LogP contribution in [-0.2, 0) is 0 Å². The van der Waals surface area contributed by atoms with Crippen LogP contribution in [-0.4, -0.2) is 16.1 Å². The van der Waals surface area contributed by atoms with Gasteiger partial charge in [0.25, 0.3) is 0 Å². The molecular weight excluding hydrogens is 238 g/mol. The topological polar surface area (TPSA) is 50.2 Å². The van der Waals surface area contributed by atoms with Gasteiger partial charge in [-0.05, 0) is 24.3 Å². The summed E-state index contributed by atoms with van der Waals surface area (Å²) in [6.07, 6.45) is 0. The molecule has 0 saturated heterocycles. The molecule has 0 aliphatic rings. The zero-order valence-corrected chi connectivity index (χ0v) is 10.1. The van der Waals surface area contributed by atoms with Crippen LogP contribution in [0.15, 0.2) is 60.7 Å². The second-order valence-corrected chi connectivity index (χ2v) is 4.28. The molecule has 1 heterocycles. The number of aromatic nitrogens is 1. The number of aromatic carboxylic acids is 1. The van der Waals surface area contributed by atoms with E-state index in [9.17, 15) is 4.79 Å².